The second-order valence-corrected chi connectivity index (χ2v) is 9.71. The van der Waals surface area contributed by atoms with E-state index in [2.05, 4.69) is 5.32 Å². The van der Waals surface area contributed by atoms with Crippen molar-refractivity contribution in [1.29, 1.82) is 0 Å². The molecule has 190 valence electrons. The van der Waals surface area contributed by atoms with Crippen molar-refractivity contribution >= 4 is 58.1 Å². The highest BCUT2D eigenvalue weighted by atomic mass is 35.5. The molecule has 4 rings (SSSR count). The molecule has 0 unspecified atom stereocenters. The van der Waals surface area contributed by atoms with Crippen LogP contribution in [-0.2, 0) is 14.3 Å². The van der Waals surface area contributed by atoms with Crippen molar-refractivity contribution in [1.82, 2.24) is 4.90 Å². The number of rotatable bonds is 7. The molecule has 2 heterocycles. The minimum atomic E-state index is -0.584. The van der Waals surface area contributed by atoms with E-state index >= 15 is 0 Å². The standard InChI is InChI=1S/C27H23ClN2O6S/c1-4-35-26(33)20-12-17(5-7-21(20)28)22-8-6-19(36-22)13-23-25(32)30(27(34)37-23)14-24(31)29-18-10-15(2)9-16(3)11-18/h5-13H,4,14H2,1-3H3,(H,29,31)/b23-13+. The minimum Gasteiger partial charge on any atom is -0.462 e. The lowest BCUT2D eigenvalue weighted by Crippen LogP contribution is -2.36. The fraction of sp³-hybridized carbons (Fsp3) is 0.185. The molecular formula is C27H23ClN2O6S. The quantitative estimate of drug-likeness (QED) is 0.287. The summed E-state index contributed by atoms with van der Waals surface area (Å²) in [7, 11) is 0. The Morgan fingerprint density at radius 2 is 1.81 bits per heavy atom. The molecule has 0 aliphatic carbocycles. The summed E-state index contributed by atoms with van der Waals surface area (Å²) in [5, 5.41) is 2.44. The summed E-state index contributed by atoms with van der Waals surface area (Å²) in [6, 6.07) is 13.7. The van der Waals surface area contributed by atoms with Gasteiger partial charge in [-0.3, -0.25) is 19.3 Å². The molecule has 8 nitrogen and oxygen atoms in total. The average Bonchev–Trinajstić information content (AvgIpc) is 3.39. The molecule has 1 aromatic heterocycles. The fourth-order valence-electron chi connectivity index (χ4n) is 3.79. The van der Waals surface area contributed by atoms with Gasteiger partial charge < -0.3 is 14.5 Å². The van der Waals surface area contributed by atoms with Gasteiger partial charge in [0, 0.05) is 17.3 Å². The molecule has 3 amide bonds. The fourth-order valence-corrected chi connectivity index (χ4v) is 4.80. The van der Waals surface area contributed by atoms with E-state index in [0.717, 1.165) is 27.8 Å². The van der Waals surface area contributed by atoms with Crippen molar-refractivity contribution in [3.05, 3.63) is 80.9 Å². The summed E-state index contributed by atoms with van der Waals surface area (Å²) in [5.41, 5.74) is 3.36. The first-order valence-electron chi connectivity index (χ1n) is 11.3. The van der Waals surface area contributed by atoms with Gasteiger partial charge in [-0.1, -0.05) is 17.7 Å². The van der Waals surface area contributed by atoms with Crippen molar-refractivity contribution in [3.63, 3.8) is 0 Å². The van der Waals surface area contributed by atoms with Crippen LogP contribution < -0.4 is 5.32 Å². The normalized spacial score (nSPS) is 14.4. The molecule has 0 bridgehead atoms. The third-order valence-electron chi connectivity index (χ3n) is 5.33. The zero-order valence-electron chi connectivity index (χ0n) is 20.3. The van der Waals surface area contributed by atoms with Crippen LogP contribution in [0.15, 0.2) is 57.9 Å². The van der Waals surface area contributed by atoms with E-state index in [1.54, 1.807) is 37.3 Å². The third kappa shape index (κ3) is 6.12. The van der Waals surface area contributed by atoms with Crippen molar-refractivity contribution < 1.29 is 28.3 Å². The monoisotopic (exact) mass is 538 g/mol. The number of benzene rings is 2. The molecular weight excluding hydrogens is 516 g/mol. The number of nitrogens with one attached hydrogen (secondary N) is 1. The van der Waals surface area contributed by atoms with Gasteiger partial charge in [-0.2, -0.15) is 0 Å². The molecule has 0 atom stereocenters. The van der Waals surface area contributed by atoms with E-state index in [1.165, 1.54) is 6.08 Å². The first-order chi connectivity index (χ1) is 17.6. The highest BCUT2D eigenvalue weighted by Crippen LogP contribution is 2.34. The van der Waals surface area contributed by atoms with E-state index in [0.29, 0.717) is 22.8 Å². The zero-order chi connectivity index (χ0) is 26.7. The van der Waals surface area contributed by atoms with Crippen LogP contribution >= 0.6 is 23.4 Å². The molecule has 0 radical (unpaired) electrons. The molecule has 1 N–H and O–H groups in total. The maximum absolute atomic E-state index is 12.8. The molecule has 1 saturated heterocycles. The first-order valence-corrected chi connectivity index (χ1v) is 12.5. The highest BCUT2D eigenvalue weighted by molar-refractivity contribution is 8.18. The molecule has 0 saturated carbocycles. The third-order valence-corrected chi connectivity index (χ3v) is 6.56. The number of aryl methyl sites for hydroxylation is 2. The van der Waals surface area contributed by atoms with Gasteiger partial charge in [-0.05, 0) is 86.1 Å². The second-order valence-electron chi connectivity index (χ2n) is 8.31. The Morgan fingerprint density at radius 3 is 2.51 bits per heavy atom. The molecule has 1 aliphatic heterocycles. The lowest BCUT2D eigenvalue weighted by Gasteiger charge is -2.13. The molecule has 10 heteroatoms. The lowest BCUT2D eigenvalue weighted by atomic mass is 10.1. The molecule has 1 fully saturated rings. The van der Waals surface area contributed by atoms with Crippen LogP contribution in [0, 0.1) is 13.8 Å². The SMILES string of the molecule is CCOC(=O)c1cc(-c2ccc(/C=C3/SC(=O)N(CC(=O)Nc4cc(C)cc(C)c4)C3=O)o2)ccc1Cl. The Hall–Kier alpha value is -3.82. The molecule has 0 spiro atoms. The summed E-state index contributed by atoms with van der Waals surface area (Å²) >= 11 is 6.85. The highest BCUT2D eigenvalue weighted by Gasteiger charge is 2.36. The largest absolute Gasteiger partial charge is 0.462 e. The summed E-state index contributed by atoms with van der Waals surface area (Å²) < 4.78 is 10.8. The van der Waals surface area contributed by atoms with Crippen molar-refractivity contribution in [2.24, 2.45) is 0 Å². The number of nitrogens with zero attached hydrogens (tertiary/aromatic N) is 1. The van der Waals surface area contributed by atoms with Crippen LogP contribution in [0.5, 0.6) is 0 Å². The number of hydrogen-bond donors (Lipinski definition) is 1. The topological polar surface area (TPSA) is 106 Å². The Kier molecular flexibility index (Phi) is 7.85. The smallest absolute Gasteiger partial charge is 0.339 e. The number of amides is 3. The lowest BCUT2D eigenvalue weighted by molar-refractivity contribution is -0.127. The van der Waals surface area contributed by atoms with Crippen LogP contribution in [0.1, 0.15) is 34.2 Å². The number of ether oxygens (including phenoxy) is 1. The minimum absolute atomic E-state index is 0.133. The first kappa shape index (κ1) is 26.2. The molecule has 1 aliphatic rings. The van der Waals surface area contributed by atoms with Crippen LogP contribution in [0.25, 0.3) is 17.4 Å². The molecule has 37 heavy (non-hydrogen) atoms. The van der Waals surface area contributed by atoms with Gasteiger partial charge in [0.15, 0.2) is 0 Å². The van der Waals surface area contributed by atoms with Crippen LogP contribution in [0.4, 0.5) is 10.5 Å². The van der Waals surface area contributed by atoms with Crippen molar-refractivity contribution in [3.8, 4) is 11.3 Å². The summed E-state index contributed by atoms with van der Waals surface area (Å²) in [5.74, 6) is -0.849. The van der Waals surface area contributed by atoms with Gasteiger partial charge in [0.1, 0.15) is 18.1 Å². The van der Waals surface area contributed by atoms with Crippen molar-refractivity contribution in [2.45, 2.75) is 20.8 Å². The van der Waals surface area contributed by atoms with Gasteiger partial charge in [0.05, 0.1) is 22.1 Å². The van der Waals surface area contributed by atoms with Crippen molar-refractivity contribution in [2.75, 3.05) is 18.5 Å². The summed E-state index contributed by atoms with van der Waals surface area (Å²) in [6.45, 7) is 5.34. The van der Waals surface area contributed by atoms with E-state index in [1.807, 2.05) is 32.0 Å². The number of halogens is 1. The van der Waals surface area contributed by atoms with E-state index in [-0.39, 0.29) is 22.1 Å². The number of anilines is 1. The van der Waals surface area contributed by atoms with Gasteiger partial charge >= 0.3 is 5.97 Å². The summed E-state index contributed by atoms with van der Waals surface area (Å²) in [6.07, 6.45) is 1.44. The number of carbonyl (C=O) groups is 4. The Bertz CT molecular complexity index is 1420. The molecule has 2 aromatic carbocycles. The average molecular weight is 539 g/mol. The Balaban J connectivity index is 1.47. The maximum Gasteiger partial charge on any atom is 0.339 e. The Morgan fingerprint density at radius 1 is 1.08 bits per heavy atom. The van der Waals surface area contributed by atoms with Crippen LogP contribution in [0.2, 0.25) is 5.02 Å². The van der Waals surface area contributed by atoms with E-state index in [9.17, 15) is 19.2 Å². The second kappa shape index (κ2) is 11.1. The predicted molar refractivity (Wildman–Crippen MR) is 142 cm³/mol. The van der Waals surface area contributed by atoms with Gasteiger partial charge in [0.25, 0.3) is 11.1 Å². The van der Waals surface area contributed by atoms with Crippen LogP contribution in [0.3, 0.4) is 0 Å². The molecule has 3 aromatic rings. The number of imide groups is 1. The van der Waals surface area contributed by atoms with Gasteiger partial charge in [-0.15, -0.1) is 0 Å². The number of esters is 1. The van der Waals surface area contributed by atoms with E-state index < -0.39 is 29.6 Å². The maximum atomic E-state index is 12.8. The van der Waals surface area contributed by atoms with Gasteiger partial charge in [-0.25, -0.2) is 4.79 Å². The van der Waals surface area contributed by atoms with E-state index in [4.69, 9.17) is 20.8 Å². The van der Waals surface area contributed by atoms with Crippen LogP contribution in [-0.4, -0.2) is 41.1 Å². The number of thioether (sulfide) groups is 1. The number of carbonyl (C=O) groups excluding carboxylic acids is 4. The Labute approximate surface area is 222 Å². The number of hydrogen-bond acceptors (Lipinski definition) is 7. The van der Waals surface area contributed by atoms with Gasteiger partial charge in [0.2, 0.25) is 5.91 Å². The predicted octanol–water partition coefficient (Wildman–Crippen LogP) is 6.07. The zero-order valence-corrected chi connectivity index (χ0v) is 21.9. The number of furan rings is 1. The summed E-state index contributed by atoms with van der Waals surface area (Å²) in [4.78, 5) is 51.0.